The standard InChI is InChI=1S/C34H58O19/c1-3-5-7-9-11-19(27(47)21(41)13-35)33(29(49)23(43)15-37,30(50)24(44)16-38)53-34(31(51)25(45)17-39,32(52)26(46)18-40)20(12-10-8-6-4-2)28(48)22(42)14-36/h19-26,35-46H,3-18H2,1-2H3. The minimum atomic E-state index is -4.05. The van der Waals surface area contributed by atoms with Gasteiger partial charge in [-0.15, -0.1) is 0 Å². The van der Waals surface area contributed by atoms with Crippen LogP contribution < -0.4 is 0 Å². The third kappa shape index (κ3) is 12.2. The number of hydrogen-bond acceptors (Lipinski definition) is 19. The van der Waals surface area contributed by atoms with Crippen LogP contribution in [-0.2, 0) is 33.5 Å². The van der Waals surface area contributed by atoms with E-state index >= 15 is 0 Å². The molecule has 0 aliphatic carbocycles. The fourth-order valence-electron chi connectivity index (χ4n) is 6.14. The summed E-state index contributed by atoms with van der Waals surface area (Å²) in [6, 6.07) is 0. The maximum Gasteiger partial charge on any atom is 0.203 e. The van der Waals surface area contributed by atoms with Crippen LogP contribution in [0.2, 0.25) is 0 Å². The highest BCUT2D eigenvalue weighted by Gasteiger charge is 2.68. The van der Waals surface area contributed by atoms with Gasteiger partial charge in [-0.1, -0.05) is 65.2 Å². The molecule has 8 atom stereocenters. The summed E-state index contributed by atoms with van der Waals surface area (Å²) in [6.45, 7) is -5.55. The number of carbonyl (C=O) groups is 6. The normalized spacial score (nSPS) is 18.7. The molecule has 0 heterocycles. The lowest BCUT2D eigenvalue weighted by atomic mass is 9.67. The van der Waals surface area contributed by atoms with Gasteiger partial charge in [0.05, 0.1) is 51.5 Å². The molecule has 8 unspecified atom stereocenters. The summed E-state index contributed by atoms with van der Waals surface area (Å²) < 4.78 is 5.93. The van der Waals surface area contributed by atoms with E-state index in [0.29, 0.717) is 25.7 Å². The predicted molar refractivity (Wildman–Crippen MR) is 180 cm³/mol. The number of aliphatic hydroxyl groups is 12. The molecule has 0 aromatic rings. The molecule has 308 valence electrons. The molecule has 0 rings (SSSR count). The Kier molecular flexibility index (Phi) is 23.6. The average molecular weight is 771 g/mol. The second-order valence-electron chi connectivity index (χ2n) is 12.8. The molecule has 19 nitrogen and oxygen atoms in total. The number of rotatable bonds is 32. The van der Waals surface area contributed by atoms with Gasteiger partial charge < -0.3 is 66.0 Å². The maximum atomic E-state index is 14.4. The summed E-state index contributed by atoms with van der Waals surface area (Å²) in [5, 5.41) is 123. The zero-order chi connectivity index (χ0) is 41.1. The Labute approximate surface area is 306 Å². The van der Waals surface area contributed by atoms with E-state index in [9.17, 15) is 90.0 Å². The average Bonchev–Trinajstić information content (AvgIpc) is 3.18. The zero-order valence-corrected chi connectivity index (χ0v) is 30.2. The van der Waals surface area contributed by atoms with Crippen LogP contribution >= 0.6 is 0 Å². The lowest BCUT2D eigenvalue weighted by Crippen LogP contribution is -2.74. The van der Waals surface area contributed by atoms with Gasteiger partial charge in [-0.25, -0.2) is 0 Å². The minimum absolute atomic E-state index is 0.158. The van der Waals surface area contributed by atoms with E-state index in [2.05, 4.69) is 0 Å². The Morgan fingerprint density at radius 3 is 0.868 bits per heavy atom. The number of aliphatic hydroxyl groups excluding tert-OH is 12. The second kappa shape index (κ2) is 24.8. The first-order valence-electron chi connectivity index (χ1n) is 17.6. The van der Waals surface area contributed by atoms with Crippen molar-refractivity contribution < 1.29 is 94.8 Å². The summed E-state index contributed by atoms with van der Waals surface area (Å²) in [7, 11) is 0. The highest BCUT2D eigenvalue weighted by atomic mass is 16.6. The molecule has 0 amide bonds. The van der Waals surface area contributed by atoms with Crippen molar-refractivity contribution in [3.8, 4) is 0 Å². The maximum absolute atomic E-state index is 14.4. The van der Waals surface area contributed by atoms with Crippen molar-refractivity contribution in [3.05, 3.63) is 0 Å². The monoisotopic (exact) mass is 770 g/mol. The Morgan fingerprint density at radius 2 is 0.660 bits per heavy atom. The molecule has 53 heavy (non-hydrogen) atoms. The summed E-state index contributed by atoms with van der Waals surface area (Å²) in [6.07, 6.45) is -15.5. The van der Waals surface area contributed by atoms with Crippen molar-refractivity contribution in [1.82, 2.24) is 0 Å². The van der Waals surface area contributed by atoms with Crippen molar-refractivity contribution in [2.24, 2.45) is 11.8 Å². The van der Waals surface area contributed by atoms with Crippen LogP contribution in [0.15, 0.2) is 0 Å². The topological polar surface area (TPSA) is 354 Å². The predicted octanol–water partition coefficient (Wildman–Crippen LogP) is -4.81. The van der Waals surface area contributed by atoms with Crippen LogP contribution in [-0.4, -0.2) is 183 Å². The molecule has 0 spiro atoms. The lowest BCUT2D eigenvalue weighted by molar-refractivity contribution is -0.222. The molecule has 12 N–H and O–H groups in total. The molecule has 0 saturated heterocycles. The third-order valence-corrected chi connectivity index (χ3v) is 9.05. The van der Waals surface area contributed by atoms with E-state index in [1.807, 2.05) is 0 Å². The molecular weight excluding hydrogens is 712 g/mol. The number of carbonyl (C=O) groups excluding carboxylic acids is 6. The first-order valence-corrected chi connectivity index (χ1v) is 17.6. The summed E-state index contributed by atoms with van der Waals surface area (Å²) in [5.41, 5.74) is -8.10. The molecule has 0 aromatic carbocycles. The zero-order valence-electron chi connectivity index (χ0n) is 30.2. The summed E-state index contributed by atoms with van der Waals surface area (Å²) in [4.78, 5) is 85.6. The van der Waals surface area contributed by atoms with E-state index in [0.717, 1.165) is 0 Å². The van der Waals surface area contributed by atoms with Crippen molar-refractivity contribution in [3.63, 3.8) is 0 Å². The first kappa shape index (κ1) is 50.5. The van der Waals surface area contributed by atoms with Gasteiger partial charge in [-0.3, -0.25) is 28.8 Å². The second-order valence-corrected chi connectivity index (χ2v) is 12.8. The van der Waals surface area contributed by atoms with Crippen LogP contribution in [0.1, 0.15) is 78.1 Å². The largest absolute Gasteiger partial charge is 0.393 e. The SMILES string of the molecule is CCCCCCC(C(=O)C(O)CO)C(OC(C(=O)C(O)CO)(C(=O)C(O)CO)C(CCCCCC)C(=O)C(O)CO)(C(=O)C(O)CO)C(=O)C(O)CO. The number of unbranched alkanes of at least 4 members (excludes halogenated alkanes) is 6. The molecular formula is C34H58O19. The minimum Gasteiger partial charge on any atom is -0.393 e. The smallest absolute Gasteiger partial charge is 0.203 e. The summed E-state index contributed by atoms with van der Waals surface area (Å²) in [5.74, 6) is -16.9. The van der Waals surface area contributed by atoms with E-state index in [1.54, 1.807) is 13.8 Å². The Morgan fingerprint density at radius 1 is 0.415 bits per heavy atom. The molecule has 0 aliphatic rings. The Bertz CT molecular complexity index is 1040. The van der Waals surface area contributed by atoms with Gasteiger partial charge in [0.2, 0.25) is 34.3 Å². The van der Waals surface area contributed by atoms with Crippen molar-refractivity contribution in [2.45, 2.75) is 126 Å². The summed E-state index contributed by atoms with van der Waals surface area (Å²) >= 11 is 0. The van der Waals surface area contributed by atoms with Gasteiger partial charge in [-0.2, -0.15) is 0 Å². The van der Waals surface area contributed by atoms with Gasteiger partial charge in [0.1, 0.15) is 36.6 Å². The van der Waals surface area contributed by atoms with Crippen LogP contribution in [0.5, 0.6) is 0 Å². The molecule has 0 saturated carbocycles. The quantitative estimate of drug-likeness (QED) is 0.0225. The number of ether oxygens (including phenoxy) is 1. The van der Waals surface area contributed by atoms with Gasteiger partial charge in [0.25, 0.3) is 0 Å². The van der Waals surface area contributed by atoms with Crippen molar-refractivity contribution >= 4 is 34.7 Å². The number of Topliss-reactive ketones (excluding diaryl/α,β-unsaturated/α-hetero) is 6. The fourth-order valence-corrected chi connectivity index (χ4v) is 6.14. The van der Waals surface area contributed by atoms with Gasteiger partial charge in [0.15, 0.2) is 11.6 Å². The molecule has 0 bridgehead atoms. The van der Waals surface area contributed by atoms with Crippen LogP contribution in [0.25, 0.3) is 0 Å². The van der Waals surface area contributed by atoms with E-state index in [-0.39, 0.29) is 25.7 Å². The van der Waals surface area contributed by atoms with Gasteiger partial charge >= 0.3 is 0 Å². The molecule has 0 fully saturated rings. The Hall–Kier alpha value is -2.50. The highest BCUT2D eigenvalue weighted by Crippen LogP contribution is 2.43. The molecule has 0 aromatic heterocycles. The molecule has 0 aliphatic heterocycles. The van der Waals surface area contributed by atoms with Crippen molar-refractivity contribution in [1.29, 1.82) is 0 Å². The Balaban J connectivity index is 9.10. The lowest BCUT2D eigenvalue weighted by Gasteiger charge is -2.48. The van der Waals surface area contributed by atoms with Crippen LogP contribution in [0.3, 0.4) is 0 Å². The highest BCUT2D eigenvalue weighted by molar-refractivity contribution is 6.21. The number of hydrogen-bond donors (Lipinski definition) is 12. The van der Waals surface area contributed by atoms with E-state index in [1.165, 1.54) is 0 Å². The van der Waals surface area contributed by atoms with E-state index in [4.69, 9.17) is 4.74 Å². The molecule has 0 radical (unpaired) electrons. The van der Waals surface area contributed by atoms with Crippen LogP contribution in [0, 0.1) is 11.8 Å². The third-order valence-electron chi connectivity index (χ3n) is 9.05. The van der Waals surface area contributed by atoms with Crippen molar-refractivity contribution in [2.75, 3.05) is 39.6 Å². The van der Waals surface area contributed by atoms with E-state index < -0.39 is 147 Å². The fraction of sp³-hybridized carbons (Fsp3) is 0.824. The number of ketones is 6. The van der Waals surface area contributed by atoms with Crippen LogP contribution in [0.4, 0.5) is 0 Å². The molecule has 19 heteroatoms. The first-order chi connectivity index (χ1) is 25.0. The van der Waals surface area contributed by atoms with Gasteiger partial charge in [0, 0.05) is 0 Å². The van der Waals surface area contributed by atoms with Gasteiger partial charge in [-0.05, 0) is 12.8 Å².